The van der Waals surface area contributed by atoms with Gasteiger partial charge in [-0.1, -0.05) is 12.1 Å². The number of carbonyl (C=O) groups excluding carboxylic acids is 2. The Morgan fingerprint density at radius 2 is 2.00 bits per heavy atom. The highest BCUT2D eigenvalue weighted by molar-refractivity contribution is 5.99. The topological polar surface area (TPSA) is 90.6 Å². The van der Waals surface area contributed by atoms with Crippen molar-refractivity contribution in [1.82, 2.24) is 0 Å². The number of ether oxygens (including phenoxy) is 2. The van der Waals surface area contributed by atoms with Gasteiger partial charge in [-0.2, -0.15) is 0 Å². The Kier molecular flexibility index (Phi) is 6.69. The molecular formula is C10H13ClN2O4. The zero-order chi connectivity index (χ0) is 12.0. The summed E-state index contributed by atoms with van der Waals surface area (Å²) in [5, 5.41) is 0. The van der Waals surface area contributed by atoms with E-state index in [0.717, 1.165) is 0 Å². The average Bonchev–Trinajstić information content (AvgIpc) is 2.29. The van der Waals surface area contributed by atoms with Gasteiger partial charge in [0.25, 0.3) is 0 Å². The summed E-state index contributed by atoms with van der Waals surface area (Å²) in [5.41, 5.74) is 2.87. The van der Waals surface area contributed by atoms with Crippen LogP contribution in [0.1, 0.15) is 17.3 Å². The van der Waals surface area contributed by atoms with Crippen molar-refractivity contribution in [3.8, 4) is 0 Å². The van der Waals surface area contributed by atoms with Gasteiger partial charge in [-0.25, -0.2) is 9.59 Å². The summed E-state index contributed by atoms with van der Waals surface area (Å²) in [6.07, 6.45) is -1.03. The Hall–Kier alpha value is -1.79. The number of nitrogens with two attached hydrogens (primary N) is 1. The van der Waals surface area contributed by atoms with Gasteiger partial charge in [-0.05, 0) is 19.1 Å². The number of benzene rings is 1. The molecule has 94 valence electrons. The summed E-state index contributed by atoms with van der Waals surface area (Å²) in [4.78, 5) is 22.4. The molecule has 0 fully saturated rings. The molecule has 0 aliphatic heterocycles. The van der Waals surface area contributed by atoms with E-state index in [1.165, 1.54) is 6.07 Å². The van der Waals surface area contributed by atoms with Gasteiger partial charge in [0.2, 0.25) is 0 Å². The molecule has 0 radical (unpaired) electrons. The molecule has 0 amide bonds. The average molecular weight is 261 g/mol. The van der Waals surface area contributed by atoms with Crippen LogP contribution >= 0.6 is 12.4 Å². The molecule has 3 N–H and O–H groups in total. The number of nitrogens with one attached hydrogen (secondary N) is 1. The molecule has 0 aliphatic carbocycles. The maximum Gasteiger partial charge on any atom is 0.516 e. The van der Waals surface area contributed by atoms with Crippen molar-refractivity contribution >= 4 is 30.2 Å². The molecule has 17 heavy (non-hydrogen) atoms. The van der Waals surface area contributed by atoms with Gasteiger partial charge in [0, 0.05) is 0 Å². The van der Waals surface area contributed by atoms with Crippen LogP contribution < -0.4 is 11.3 Å². The summed E-state index contributed by atoms with van der Waals surface area (Å²) in [6.45, 7) is 1.75. The highest BCUT2D eigenvalue weighted by Gasteiger charge is 2.16. The van der Waals surface area contributed by atoms with E-state index >= 15 is 0 Å². The molecule has 0 aliphatic rings. The van der Waals surface area contributed by atoms with Gasteiger partial charge in [0.15, 0.2) is 0 Å². The summed E-state index contributed by atoms with van der Waals surface area (Å²) >= 11 is 0. The molecule has 1 aromatic rings. The predicted molar refractivity (Wildman–Crippen MR) is 63.9 cm³/mol. The third-order valence-corrected chi connectivity index (χ3v) is 1.74. The number of hydrazine groups is 1. The van der Waals surface area contributed by atoms with Crippen LogP contribution in [-0.2, 0) is 9.47 Å². The van der Waals surface area contributed by atoms with E-state index in [-0.39, 0.29) is 24.6 Å². The fourth-order valence-corrected chi connectivity index (χ4v) is 1.06. The molecule has 0 saturated carbocycles. The monoisotopic (exact) mass is 260 g/mol. The lowest BCUT2D eigenvalue weighted by Crippen LogP contribution is -2.17. The second-order valence-electron chi connectivity index (χ2n) is 2.76. The van der Waals surface area contributed by atoms with Crippen molar-refractivity contribution in [1.29, 1.82) is 0 Å². The summed E-state index contributed by atoms with van der Waals surface area (Å²) in [5.74, 6) is 4.39. The number of hydrogen-bond donors (Lipinski definition) is 2. The molecule has 0 aromatic heterocycles. The first kappa shape index (κ1) is 15.2. The minimum atomic E-state index is -1.03. The normalized spacial score (nSPS) is 8.82. The van der Waals surface area contributed by atoms with Gasteiger partial charge in [-0.15, -0.1) is 12.4 Å². The minimum absolute atomic E-state index is 0. The van der Waals surface area contributed by atoms with Gasteiger partial charge < -0.3 is 14.9 Å². The number of hydrogen-bond acceptors (Lipinski definition) is 6. The van der Waals surface area contributed by atoms with Gasteiger partial charge in [-0.3, -0.25) is 5.84 Å². The number of rotatable bonds is 3. The molecule has 0 spiro atoms. The molecule has 0 unspecified atom stereocenters. The number of esters is 1. The standard InChI is InChI=1S/C10H12N2O4.ClH/c1-2-15-10(14)16-9(13)7-5-3-4-6-8(7)12-11;/h3-6,12H,2,11H2,1H3;1H. The molecule has 0 atom stereocenters. The fraction of sp³-hybridized carbons (Fsp3) is 0.200. The van der Waals surface area contributed by atoms with Crippen molar-refractivity contribution in [2.45, 2.75) is 6.92 Å². The SMILES string of the molecule is CCOC(=O)OC(=O)c1ccccc1NN.Cl. The van der Waals surface area contributed by atoms with Gasteiger partial charge >= 0.3 is 12.1 Å². The van der Waals surface area contributed by atoms with Crippen molar-refractivity contribution in [2.24, 2.45) is 5.84 Å². The lowest BCUT2D eigenvalue weighted by molar-refractivity contribution is 0.0402. The molecule has 0 heterocycles. The maximum absolute atomic E-state index is 11.5. The number of nitrogen functional groups attached to an aromatic ring is 1. The maximum atomic E-state index is 11.5. The Balaban J connectivity index is 0.00000256. The van der Waals surface area contributed by atoms with Crippen LogP contribution in [-0.4, -0.2) is 18.7 Å². The summed E-state index contributed by atoms with van der Waals surface area (Å²) < 4.78 is 8.90. The smallest absolute Gasteiger partial charge is 0.434 e. The molecule has 7 heteroatoms. The first-order valence-corrected chi connectivity index (χ1v) is 4.63. The van der Waals surface area contributed by atoms with Crippen molar-refractivity contribution in [2.75, 3.05) is 12.0 Å². The minimum Gasteiger partial charge on any atom is -0.434 e. The zero-order valence-corrected chi connectivity index (χ0v) is 9.95. The van der Waals surface area contributed by atoms with E-state index in [1.54, 1.807) is 25.1 Å². The van der Waals surface area contributed by atoms with Crippen molar-refractivity contribution in [3.63, 3.8) is 0 Å². The number of anilines is 1. The second-order valence-corrected chi connectivity index (χ2v) is 2.76. The van der Waals surface area contributed by atoms with E-state index in [9.17, 15) is 9.59 Å². The highest BCUT2D eigenvalue weighted by Crippen LogP contribution is 2.14. The highest BCUT2D eigenvalue weighted by atomic mass is 35.5. The lowest BCUT2D eigenvalue weighted by Gasteiger charge is -2.07. The van der Waals surface area contributed by atoms with E-state index < -0.39 is 12.1 Å². The van der Waals surface area contributed by atoms with Crippen LogP contribution in [0.4, 0.5) is 10.5 Å². The third kappa shape index (κ3) is 4.29. The number of carbonyl (C=O) groups is 2. The molecule has 0 bridgehead atoms. The molecular weight excluding hydrogens is 248 g/mol. The van der Waals surface area contributed by atoms with Crippen LogP contribution in [0.2, 0.25) is 0 Å². The van der Waals surface area contributed by atoms with Crippen molar-refractivity contribution < 1.29 is 19.1 Å². The molecule has 1 rings (SSSR count). The van der Waals surface area contributed by atoms with E-state index in [1.807, 2.05) is 0 Å². The second kappa shape index (κ2) is 7.48. The van der Waals surface area contributed by atoms with Crippen LogP contribution in [0.25, 0.3) is 0 Å². The largest absolute Gasteiger partial charge is 0.516 e. The molecule has 1 aromatic carbocycles. The quantitative estimate of drug-likeness (QED) is 0.372. The fourth-order valence-electron chi connectivity index (χ4n) is 1.06. The number of halogens is 1. The van der Waals surface area contributed by atoms with E-state index in [4.69, 9.17) is 5.84 Å². The van der Waals surface area contributed by atoms with E-state index in [0.29, 0.717) is 5.69 Å². The van der Waals surface area contributed by atoms with Crippen LogP contribution in [0.5, 0.6) is 0 Å². The zero-order valence-electron chi connectivity index (χ0n) is 9.14. The first-order valence-electron chi connectivity index (χ1n) is 4.63. The lowest BCUT2D eigenvalue weighted by atomic mass is 10.2. The first-order chi connectivity index (χ1) is 7.69. The van der Waals surface area contributed by atoms with Gasteiger partial charge in [0.05, 0.1) is 17.9 Å². The van der Waals surface area contributed by atoms with Crippen LogP contribution in [0.15, 0.2) is 24.3 Å². The van der Waals surface area contributed by atoms with Crippen LogP contribution in [0.3, 0.4) is 0 Å². The molecule has 6 nitrogen and oxygen atoms in total. The molecule has 0 saturated heterocycles. The third-order valence-electron chi connectivity index (χ3n) is 1.74. The van der Waals surface area contributed by atoms with Crippen LogP contribution in [0, 0.1) is 0 Å². The summed E-state index contributed by atoms with van der Waals surface area (Å²) in [7, 11) is 0. The van der Waals surface area contributed by atoms with Gasteiger partial charge in [0.1, 0.15) is 0 Å². The predicted octanol–water partition coefficient (Wildman–Crippen LogP) is 1.71. The van der Waals surface area contributed by atoms with E-state index in [2.05, 4.69) is 14.9 Å². The Morgan fingerprint density at radius 3 is 2.59 bits per heavy atom. The Morgan fingerprint density at radius 1 is 1.35 bits per heavy atom. The number of para-hydroxylation sites is 1. The Labute approximate surface area is 104 Å². The van der Waals surface area contributed by atoms with Crippen molar-refractivity contribution in [3.05, 3.63) is 29.8 Å². The Bertz CT molecular complexity index is 398. The summed E-state index contributed by atoms with van der Waals surface area (Å²) in [6, 6.07) is 6.39.